The summed E-state index contributed by atoms with van der Waals surface area (Å²) < 4.78 is 13.1. The average Bonchev–Trinajstić information content (AvgIpc) is 3.46. The van der Waals surface area contributed by atoms with E-state index in [1.807, 2.05) is 36.4 Å². The number of nitrogens with one attached hydrogen (secondary N) is 1. The Morgan fingerprint density at radius 1 is 0.972 bits per heavy atom. The quantitative estimate of drug-likeness (QED) is 0.291. The molecule has 1 saturated heterocycles. The molecule has 1 aromatic heterocycles. The van der Waals surface area contributed by atoms with Crippen molar-refractivity contribution in [1.82, 2.24) is 15.2 Å². The van der Waals surface area contributed by atoms with Crippen molar-refractivity contribution in [3.8, 4) is 11.1 Å². The van der Waals surface area contributed by atoms with Gasteiger partial charge in [-0.25, -0.2) is 4.98 Å². The van der Waals surface area contributed by atoms with Crippen LogP contribution in [0.3, 0.4) is 0 Å². The SMILES string of the molecule is C[C@H]1[C@@H](CSc2ncn[nH]2)O[C@@H](c2ccc(-c3ccccc3CN)cc2)O[C@H]1c1ccc(CO)cc1. The van der Waals surface area contributed by atoms with Crippen LogP contribution in [0.4, 0.5) is 0 Å². The van der Waals surface area contributed by atoms with E-state index in [4.69, 9.17) is 15.2 Å². The first-order valence-electron chi connectivity index (χ1n) is 12.0. The molecule has 1 aliphatic rings. The normalized spacial score (nSPS) is 22.0. The molecule has 8 heteroatoms. The van der Waals surface area contributed by atoms with Crippen molar-refractivity contribution in [1.29, 1.82) is 0 Å². The number of thioether (sulfide) groups is 1. The molecule has 0 amide bonds. The number of aromatic nitrogens is 3. The molecule has 1 fully saturated rings. The number of nitrogens with two attached hydrogens (primary N) is 1. The van der Waals surface area contributed by atoms with Crippen LogP contribution in [0.15, 0.2) is 84.3 Å². The van der Waals surface area contributed by atoms with Gasteiger partial charge in [-0.3, -0.25) is 5.10 Å². The van der Waals surface area contributed by atoms with Crippen molar-refractivity contribution in [3.63, 3.8) is 0 Å². The Labute approximate surface area is 215 Å². The van der Waals surface area contributed by atoms with Crippen LogP contribution in [0.5, 0.6) is 0 Å². The molecule has 3 aromatic carbocycles. The third kappa shape index (κ3) is 5.38. The highest BCUT2D eigenvalue weighted by atomic mass is 32.2. The van der Waals surface area contributed by atoms with Gasteiger partial charge in [0.25, 0.3) is 0 Å². The summed E-state index contributed by atoms with van der Waals surface area (Å²) in [6, 6.07) is 24.5. The Kier molecular flexibility index (Phi) is 7.79. The van der Waals surface area contributed by atoms with Crippen molar-refractivity contribution in [2.24, 2.45) is 11.7 Å². The first-order valence-corrected chi connectivity index (χ1v) is 13.0. The number of rotatable bonds is 8. The average molecular weight is 503 g/mol. The first kappa shape index (κ1) is 24.7. The van der Waals surface area contributed by atoms with Gasteiger partial charge in [0.15, 0.2) is 11.4 Å². The summed E-state index contributed by atoms with van der Waals surface area (Å²) in [4.78, 5) is 4.23. The van der Waals surface area contributed by atoms with Gasteiger partial charge in [0.2, 0.25) is 0 Å². The maximum absolute atomic E-state index is 9.45. The maximum atomic E-state index is 9.45. The molecule has 5 rings (SSSR count). The van der Waals surface area contributed by atoms with Crippen LogP contribution < -0.4 is 5.73 Å². The molecule has 2 heterocycles. The topological polar surface area (TPSA) is 106 Å². The zero-order valence-corrected chi connectivity index (χ0v) is 20.9. The van der Waals surface area contributed by atoms with Crippen LogP contribution in [-0.2, 0) is 22.6 Å². The number of benzene rings is 3. The molecule has 4 N–H and O–H groups in total. The Hall–Kier alpha value is -3.01. The number of hydrogen-bond acceptors (Lipinski definition) is 7. The molecule has 0 aliphatic carbocycles. The van der Waals surface area contributed by atoms with E-state index in [2.05, 4.69) is 58.5 Å². The summed E-state index contributed by atoms with van der Waals surface area (Å²) in [5.41, 5.74) is 12.2. The Morgan fingerprint density at radius 2 is 1.72 bits per heavy atom. The van der Waals surface area contributed by atoms with Crippen LogP contribution >= 0.6 is 11.8 Å². The molecule has 186 valence electrons. The summed E-state index contributed by atoms with van der Waals surface area (Å²) in [5, 5.41) is 17.1. The van der Waals surface area contributed by atoms with E-state index in [1.165, 1.54) is 6.33 Å². The lowest BCUT2D eigenvalue weighted by Crippen LogP contribution is -2.38. The van der Waals surface area contributed by atoms with Gasteiger partial charge in [0, 0.05) is 23.8 Å². The summed E-state index contributed by atoms with van der Waals surface area (Å²) in [7, 11) is 0. The monoisotopic (exact) mass is 502 g/mol. The van der Waals surface area contributed by atoms with Crippen LogP contribution in [0.1, 0.15) is 41.6 Å². The predicted octanol–water partition coefficient (Wildman–Crippen LogP) is 5.01. The first-order chi connectivity index (χ1) is 17.7. The van der Waals surface area contributed by atoms with E-state index >= 15 is 0 Å². The minimum absolute atomic E-state index is 0.0170. The summed E-state index contributed by atoms with van der Waals surface area (Å²) >= 11 is 1.59. The van der Waals surface area contributed by atoms with Crippen LogP contribution in [-0.4, -0.2) is 32.1 Å². The molecule has 0 bridgehead atoms. The van der Waals surface area contributed by atoms with Gasteiger partial charge in [-0.15, -0.1) is 0 Å². The summed E-state index contributed by atoms with van der Waals surface area (Å²) in [6.45, 7) is 2.66. The molecule has 4 atom stereocenters. The van der Waals surface area contributed by atoms with Crippen LogP contribution in [0.2, 0.25) is 0 Å². The lowest BCUT2D eigenvalue weighted by atomic mass is 9.91. The van der Waals surface area contributed by atoms with E-state index in [0.29, 0.717) is 12.3 Å². The highest BCUT2D eigenvalue weighted by molar-refractivity contribution is 7.99. The predicted molar refractivity (Wildman–Crippen MR) is 140 cm³/mol. The van der Waals surface area contributed by atoms with Crippen LogP contribution in [0, 0.1) is 5.92 Å². The smallest absolute Gasteiger partial charge is 0.184 e. The van der Waals surface area contributed by atoms with Crippen molar-refractivity contribution in [3.05, 3.63) is 101 Å². The Morgan fingerprint density at radius 3 is 2.42 bits per heavy atom. The lowest BCUT2D eigenvalue weighted by Gasteiger charge is -2.41. The fraction of sp³-hybridized carbons (Fsp3) is 0.286. The van der Waals surface area contributed by atoms with Gasteiger partial charge in [0.1, 0.15) is 6.33 Å². The van der Waals surface area contributed by atoms with Gasteiger partial charge in [-0.05, 0) is 27.8 Å². The molecule has 7 nitrogen and oxygen atoms in total. The minimum atomic E-state index is -0.511. The third-order valence-corrected chi connectivity index (χ3v) is 7.60. The summed E-state index contributed by atoms with van der Waals surface area (Å²) in [6.07, 6.45) is 0.770. The zero-order chi connectivity index (χ0) is 24.9. The lowest BCUT2D eigenvalue weighted by molar-refractivity contribution is -0.268. The molecule has 1 aliphatic heterocycles. The molecule has 0 spiro atoms. The van der Waals surface area contributed by atoms with E-state index in [0.717, 1.165) is 38.5 Å². The van der Waals surface area contributed by atoms with Gasteiger partial charge in [-0.1, -0.05) is 91.5 Å². The van der Waals surface area contributed by atoms with E-state index in [1.54, 1.807) is 11.8 Å². The maximum Gasteiger partial charge on any atom is 0.184 e. The summed E-state index contributed by atoms with van der Waals surface area (Å²) in [5.74, 6) is 0.816. The molecule has 0 unspecified atom stereocenters. The van der Waals surface area contributed by atoms with E-state index in [9.17, 15) is 5.11 Å². The van der Waals surface area contributed by atoms with Crippen molar-refractivity contribution >= 4 is 11.8 Å². The van der Waals surface area contributed by atoms with E-state index < -0.39 is 6.29 Å². The third-order valence-electron chi connectivity index (χ3n) is 6.63. The second kappa shape index (κ2) is 11.4. The highest BCUT2D eigenvalue weighted by Crippen LogP contribution is 2.43. The minimum Gasteiger partial charge on any atom is -0.392 e. The van der Waals surface area contributed by atoms with E-state index in [-0.39, 0.29) is 24.7 Å². The number of aliphatic hydroxyl groups is 1. The second-order valence-corrected chi connectivity index (χ2v) is 9.92. The Balaban J connectivity index is 1.40. The highest BCUT2D eigenvalue weighted by Gasteiger charge is 2.38. The molecular weight excluding hydrogens is 472 g/mol. The Bertz CT molecular complexity index is 1250. The van der Waals surface area contributed by atoms with Crippen molar-refractivity contribution in [2.45, 2.75) is 43.7 Å². The number of aromatic amines is 1. The number of H-pyrrole nitrogens is 1. The number of aliphatic hydroxyl groups excluding tert-OH is 1. The van der Waals surface area contributed by atoms with Gasteiger partial charge in [0.05, 0.1) is 18.8 Å². The van der Waals surface area contributed by atoms with Crippen molar-refractivity contribution in [2.75, 3.05) is 5.75 Å². The van der Waals surface area contributed by atoms with Crippen molar-refractivity contribution < 1.29 is 14.6 Å². The van der Waals surface area contributed by atoms with Gasteiger partial charge in [-0.2, -0.15) is 5.10 Å². The molecular formula is C28H30N4O3S. The van der Waals surface area contributed by atoms with Gasteiger partial charge < -0.3 is 20.3 Å². The number of hydrogen-bond donors (Lipinski definition) is 3. The fourth-order valence-corrected chi connectivity index (χ4v) is 5.48. The zero-order valence-electron chi connectivity index (χ0n) is 20.1. The van der Waals surface area contributed by atoms with Crippen LogP contribution in [0.25, 0.3) is 11.1 Å². The molecule has 4 aromatic rings. The van der Waals surface area contributed by atoms with Gasteiger partial charge >= 0.3 is 0 Å². The number of ether oxygens (including phenoxy) is 2. The fourth-order valence-electron chi connectivity index (χ4n) is 4.53. The largest absolute Gasteiger partial charge is 0.392 e. The number of nitrogens with zero attached hydrogens (tertiary/aromatic N) is 2. The second-order valence-electron chi connectivity index (χ2n) is 8.91. The molecule has 0 saturated carbocycles. The standard InChI is InChI=1S/C28H30N4O3S/c1-18-25(16-36-28-30-17-31-32-28)34-27(35-26(18)21-8-6-19(15-33)7-9-21)22-12-10-20(11-13-22)24-5-3-2-4-23(24)14-29/h2-13,17-18,25-27,33H,14-16,29H2,1H3,(H,30,31,32)/t18-,25+,26+,27+/m0/s1. The molecule has 36 heavy (non-hydrogen) atoms. The molecule has 0 radical (unpaired) electrons.